The van der Waals surface area contributed by atoms with Crippen molar-refractivity contribution < 1.29 is 4.79 Å². The van der Waals surface area contributed by atoms with E-state index in [1.807, 2.05) is 0 Å². The third-order valence-corrected chi connectivity index (χ3v) is 5.51. The molecule has 96 valence electrons. The molecule has 2 atom stereocenters. The molecule has 0 radical (unpaired) electrons. The van der Waals surface area contributed by atoms with Crippen molar-refractivity contribution >= 4 is 5.78 Å². The van der Waals surface area contributed by atoms with Crippen molar-refractivity contribution in [3.05, 3.63) is 11.1 Å². The van der Waals surface area contributed by atoms with Crippen molar-refractivity contribution in [3.8, 4) is 0 Å². The standard InChI is InChI=1S/C16H26O/c1-11-9-13-7-6-8-15(3,4)14(13)10-16(11,5)12(2)17/h11H,6-10H2,1-5H3/i3+1,4+1,15+1. The normalized spacial score (nSPS) is 36.6. The zero-order valence-electron chi connectivity index (χ0n) is 12.0. The molecule has 17 heavy (non-hydrogen) atoms. The molecule has 1 nitrogen and oxygen atoms in total. The van der Waals surface area contributed by atoms with Gasteiger partial charge in [0.05, 0.1) is 0 Å². The minimum atomic E-state index is -0.118. The van der Waals surface area contributed by atoms with Crippen LogP contribution >= 0.6 is 0 Å². The molecule has 2 aliphatic rings. The summed E-state index contributed by atoms with van der Waals surface area (Å²) >= 11 is 0. The van der Waals surface area contributed by atoms with Crippen LogP contribution in [0.5, 0.6) is 0 Å². The highest BCUT2D eigenvalue weighted by atomic mass is 16.1. The summed E-state index contributed by atoms with van der Waals surface area (Å²) in [5, 5.41) is 0. The van der Waals surface area contributed by atoms with Gasteiger partial charge in [0.1, 0.15) is 5.78 Å². The van der Waals surface area contributed by atoms with Gasteiger partial charge >= 0.3 is 0 Å². The number of hydrogen-bond donors (Lipinski definition) is 0. The quantitative estimate of drug-likeness (QED) is 0.484. The van der Waals surface area contributed by atoms with Gasteiger partial charge in [-0.25, -0.2) is 0 Å². The highest BCUT2D eigenvalue weighted by Crippen LogP contribution is 2.53. The van der Waals surface area contributed by atoms with Crippen LogP contribution in [0.2, 0.25) is 0 Å². The number of carbonyl (C=O) groups excluding carboxylic acids is 1. The average molecular weight is 237 g/mol. The van der Waals surface area contributed by atoms with Crippen LogP contribution in [0.1, 0.15) is 66.7 Å². The third-order valence-electron chi connectivity index (χ3n) is 5.51. The molecule has 0 N–H and O–H groups in total. The summed E-state index contributed by atoms with van der Waals surface area (Å²) in [4.78, 5) is 12.0. The maximum absolute atomic E-state index is 12.0. The summed E-state index contributed by atoms with van der Waals surface area (Å²) in [6.45, 7) is 10.9. The zero-order valence-corrected chi connectivity index (χ0v) is 12.0. The lowest BCUT2D eigenvalue weighted by Crippen LogP contribution is -2.40. The van der Waals surface area contributed by atoms with Crippen molar-refractivity contribution in [2.45, 2.75) is 66.7 Å². The monoisotopic (exact) mass is 237 g/mol. The van der Waals surface area contributed by atoms with Crippen molar-refractivity contribution in [3.63, 3.8) is 0 Å². The number of hydrogen-bond acceptors (Lipinski definition) is 1. The Morgan fingerprint density at radius 3 is 2.53 bits per heavy atom. The van der Waals surface area contributed by atoms with E-state index in [9.17, 15) is 4.79 Å². The first-order chi connectivity index (χ1) is 7.77. The summed E-state index contributed by atoms with van der Waals surface area (Å²) in [5.41, 5.74) is 3.49. The predicted molar refractivity (Wildman–Crippen MR) is 71.8 cm³/mol. The maximum atomic E-state index is 12.0. The summed E-state index contributed by atoms with van der Waals surface area (Å²) in [7, 11) is 0. The molecule has 2 aliphatic carbocycles. The van der Waals surface area contributed by atoms with Crippen LogP contribution in [0, 0.1) is 16.7 Å². The van der Waals surface area contributed by atoms with Crippen LogP contribution in [0.25, 0.3) is 0 Å². The van der Waals surface area contributed by atoms with Crippen molar-refractivity contribution in [1.29, 1.82) is 0 Å². The van der Waals surface area contributed by atoms with Crippen LogP contribution < -0.4 is 0 Å². The number of carbonyl (C=O) groups is 1. The molecule has 0 aromatic heterocycles. The summed E-state index contributed by atoms with van der Waals surface area (Å²) in [5.74, 6) is 0.880. The molecule has 0 spiro atoms. The predicted octanol–water partition coefficient (Wildman–Crippen LogP) is 4.52. The van der Waals surface area contributed by atoms with E-state index in [0.29, 0.717) is 17.1 Å². The Morgan fingerprint density at radius 2 is 1.94 bits per heavy atom. The largest absolute Gasteiger partial charge is 0.299 e. The molecule has 0 aromatic carbocycles. The van der Waals surface area contributed by atoms with E-state index in [-0.39, 0.29) is 5.41 Å². The second-order valence-corrected chi connectivity index (χ2v) is 7.08. The van der Waals surface area contributed by atoms with Crippen LogP contribution in [0.4, 0.5) is 0 Å². The van der Waals surface area contributed by atoms with Gasteiger partial charge in [0, 0.05) is 5.41 Å². The van der Waals surface area contributed by atoms with Gasteiger partial charge in [-0.2, -0.15) is 0 Å². The fourth-order valence-corrected chi connectivity index (χ4v) is 3.72. The average Bonchev–Trinajstić information content (AvgIpc) is 2.21. The molecule has 0 aromatic rings. The Balaban J connectivity index is 2.40. The van der Waals surface area contributed by atoms with Crippen LogP contribution in [-0.2, 0) is 4.79 Å². The van der Waals surface area contributed by atoms with Gasteiger partial charge in [0.2, 0.25) is 0 Å². The first-order valence-electron chi connectivity index (χ1n) is 7.00. The number of ketones is 1. The molecule has 0 fully saturated rings. The topological polar surface area (TPSA) is 17.1 Å². The van der Waals surface area contributed by atoms with Crippen LogP contribution in [-0.4, -0.2) is 5.78 Å². The SMILES string of the molecule is CC(=O)C1(C)CC2=C(CCC[13C]2([13CH3])[13CH3])CC1C. The Labute approximate surface area is 106 Å². The fraction of sp³-hybridized carbons (Fsp3) is 0.812. The summed E-state index contributed by atoms with van der Waals surface area (Å²) < 4.78 is 0. The third kappa shape index (κ3) is 1.98. The van der Waals surface area contributed by atoms with E-state index in [1.165, 1.54) is 19.3 Å². The molecule has 0 amide bonds. The Hall–Kier alpha value is -0.590. The van der Waals surface area contributed by atoms with Gasteiger partial charge in [-0.05, 0) is 50.4 Å². The Bertz CT molecular complexity index is 375. The fourth-order valence-electron chi connectivity index (χ4n) is 3.72. The Morgan fingerprint density at radius 1 is 1.29 bits per heavy atom. The first kappa shape index (κ1) is 12.9. The lowest BCUT2D eigenvalue weighted by atomic mass is 9.63. The van der Waals surface area contributed by atoms with E-state index >= 15 is 0 Å². The zero-order chi connectivity index (χ0) is 12.8. The first-order valence-corrected chi connectivity index (χ1v) is 7.00. The van der Waals surface area contributed by atoms with Crippen LogP contribution in [0.15, 0.2) is 11.1 Å². The second-order valence-electron chi connectivity index (χ2n) is 7.08. The lowest BCUT2D eigenvalue weighted by Gasteiger charge is -2.47. The van der Waals surface area contributed by atoms with Crippen molar-refractivity contribution in [2.75, 3.05) is 0 Å². The molecule has 0 bridgehead atoms. The minimum absolute atomic E-state index is 0.118. The van der Waals surface area contributed by atoms with Gasteiger partial charge < -0.3 is 0 Å². The van der Waals surface area contributed by atoms with Gasteiger partial charge in [-0.1, -0.05) is 38.8 Å². The van der Waals surface area contributed by atoms with Crippen LogP contribution in [0.3, 0.4) is 0 Å². The van der Waals surface area contributed by atoms with E-state index in [0.717, 1.165) is 12.8 Å². The maximum Gasteiger partial charge on any atom is 0.136 e. The van der Waals surface area contributed by atoms with E-state index in [4.69, 9.17) is 0 Å². The number of rotatable bonds is 1. The molecular formula is C16H26O. The molecule has 0 aliphatic heterocycles. The highest BCUT2D eigenvalue weighted by molar-refractivity contribution is 5.83. The molecule has 2 rings (SSSR count). The van der Waals surface area contributed by atoms with E-state index in [1.54, 1.807) is 18.1 Å². The molecule has 0 heterocycles. The van der Waals surface area contributed by atoms with Crippen molar-refractivity contribution in [1.82, 2.24) is 0 Å². The number of Topliss-reactive ketones (excluding diaryl/α,β-unsaturated/α-hetero) is 1. The number of allylic oxidation sites excluding steroid dienone is 2. The van der Waals surface area contributed by atoms with Gasteiger partial charge in [-0.3, -0.25) is 4.79 Å². The Kier molecular flexibility index (Phi) is 3.00. The molecule has 2 unspecified atom stereocenters. The van der Waals surface area contributed by atoms with Crippen molar-refractivity contribution in [2.24, 2.45) is 16.7 Å². The van der Waals surface area contributed by atoms with Gasteiger partial charge in [0.15, 0.2) is 0 Å². The van der Waals surface area contributed by atoms with E-state index in [2.05, 4.69) is 27.7 Å². The molecule has 0 saturated carbocycles. The lowest BCUT2D eigenvalue weighted by molar-refractivity contribution is -0.128. The van der Waals surface area contributed by atoms with Gasteiger partial charge in [0.25, 0.3) is 0 Å². The smallest absolute Gasteiger partial charge is 0.136 e. The second kappa shape index (κ2) is 3.96. The van der Waals surface area contributed by atoms with E-state index < -0.39 is 0 Å². The summed E-state index contributed by atoms with van der Waals surface area (Å²) in [6.07, 6.45) is 6.04. The molecule has 1 heteroatoms. The minimum Gasteiger partial charge on any atom is -0.299 e. The summed E-state index contributed by atoms with van der Waals surface area (Å²) in [6, 6.07) is 0. The van der Waals surface area contributed by atoms with Gasteiger partial charge in [-0.15, -0.1) is 0 Å². The highest BCUT2D eigenvalue weighted by Gasteiger charge is 2.45. The molecule has 0 saturated heterocycles. The molecular weight excluding hydrogens is 211 g/mol.